The monoisotopic (exact) mass is 752 g/mol. The molecule has 2 saturated heterocycles. The normalized spacial score (nSPS) is 18.3. The summed E-state index contributed by atoms with van der Waals surface area (Å²) in [6.45, 7) is 6.86. The number of pyridine rings is 1. The summed E-state index contributed by atoms with van der Waals surface area (Å²) in [5, 5.41) is 0.251. The standard InChI is InChI=1S/C46H45FN4O5/c1-46(2,3)56-45(54)50-23-7-11-39(50)38-26-35(27-48-38)33-19-15-31(16-20-33)30-13-17-32(18-14-30)34-21-22-36-37(25-34)49-42(41(47)43(36)52)40-12-8-24-51(40)44(53)55-28-29-9-5-4-6-10-29/h4-6,9-10,13-22,25,27,39-40H,7-8,11-12,23-24,26,28H2,1-3H3,(H,49,52)/t39-,40?/m0/s1. The Labute approximate surface area is 325 Å². The topological polar surface area (TPSA) is 104 Å². The first-order valence-electron chi connectivity index (χ1n) is 19.3. The summed E-state index contributed by atoms with van der Waals surface area (Å²) in [7, 11) is 0. The molecule has 10 heteroatoms. The van der Waals surface area contributed by atoms with Gasteiger partial charge in [-0.05, 0) is 97.5 Å². The predicted molar refractivity (Wildman–Crippen MR) is 217 cm³/mol. The van der Waals surface area contributed by atoms with Crippen LogP contribution in [0.3, 0.4) is 0 Å². The van der Waals surface area contributed by atoms with Crippen molar-refractivity contribution in [3.05, 3.63) is 136 Å². The number of halogens is 1. The van der Waals surface area contributed by atoms with E-state index in [9.17, 15) is 14.4 Å². The Hall–Kier alpha value is -6.03. The van der Waals surface area contributed by atoms with Crippen molar-refractivity contribution in [2.45, 2.75) is 77.2 Å². The first-order chi connectivity index (χ1) is 27.0. The van der Waals surface area contributed by atoms with Crippen molar-refractivity contribution in [1.29, 1.82) is 0 Å². The molecule has 0 bridgehead atoms. The maximum Gasteiger partial charge on any atom is 0.410 e. The molecular weight excluding hydrogens is 708 g/mol. The Morgan fingerprint density at radius 3 is 2.04 bits per heavy atom. The van der Waals surface area contributed by atoms with Gasteiger partial charge in [0.2, 0.25) is 5.43 Å². The van der Waals surface area contributed by atoms with Crippen molar-refractivity contribution >= 4 is 34.4 Å². The third-order valence-corrected chi connectivity index (χ3v) is 10.8. The lowest BCUT2D eigenvalue weighted by atomic mass is 9.95. The van der Waals surface area contributed by atoms with E-state index in [2.05, 4.69) is 41.4 Å². The minimum Gasteiger partial charge on any atom is -0.445 e. The van der Waals surface area contributed by atoms with Gasteiger partial charge in [-0.25, -0.2) is 14.0 Å². The number of carbonyl (C=O) groups is 2. The lowest BCUT2D eigenvalue weighted by molar-refractivity contribution is 0.0265. The molecule has 2 fully saturated rings. The number of aliphatic imine (C=N–C) groups is 1. The fourth-order valence-corrected chi connectivity index (χ4v) is 7.99. The number of fused-ring (bicyclic) bond motifs is 1. The fraction of sp³-hybridized carbons (Fsp3) is 0.304. The molecule has 4 heterocycles. The van der Waals surface area contributed by atoms with E-state index in [1.54, 1.807) is 6.07 Å². The second-order valence-electron chi connectivity index (χ2n) is 15.8. The smallest absolute Gasteiger partial charge is 0.410 e. The molecule has 3 aliphatic rings. The van der Waals surface area contributed by atoms with Gasteiger partial charge < -0.3 is 14.5 Å². The number of likely N-dealkylation sites (tertiary alicyclic amines) is 2. The molecule has 1 aromatic heterocycles. The van der Waals surface area contributed by atoms with E-state index in [1.165, 1.54) is 4.90 Å². The number of nitrogens with zero attached hydrogens (tertiary/aromatic N) is 3. The van der Waals surface area contributed by atoms with Crippen LogP contribution >= 0.6 is 0 Å². The minimum atomic E-state index is -0.871. The number of benzene rings is 4. The third-order valence-electron chi connectivity index (χ3n) is 10.8. The van der Waals surface area contributed by atoms with E-state index in [-0.39, 0.29) is 29.8 Å². The average Bonchev–Trinajstić information content (AvgIpc) is 4.00. The molecule has 5 aromatic rings. The summed E-state index contributed by atoms with van der Waals surface area (Å²) < 4.78 is 26.9. The number of amides is 2. The van der Waals surface area contributed by atoms with Gasteiger partial charge in [0.15, 0.2) is 5.82 Å². The molecule has 8 rings (SSSR count). The zero-order valence-corrected chi connectivity index (χ0v) is 31.9. The molecule has 56 heavy (non-hydrogen) atoms. The number of aromatic nitrogens is 1. The van der Waals surface area contributed by atoms with Crippen LogP contribution in [-0.4, -0.2) is 57.4 Å². The van der Waals surface area contributed by atoms with Gasteiger partial charge in [-0.15, -0.1) is 0 Å². The van der Waals surface area contributed by atoms with Gasteiger partial charge in [0.1, 0.15) is 12.2 Å². The molecule has 2 atom stereocenters. The highest BCUT2D eigenvalue weighted by atomic mass is 19.1. The van der Waals surface area contributed by atoms with Crippen LogP contribution in [0.25, 0.3) is 38.7 Å². The summed E-state index contributed by atoms with van der Waals surface area (Å²) in [6.07, 6.45) is 4.81. The van der Waals surface area contributed by atoms with Crippen LogP contribution in [0.1, 0.15) is 75.7 Å². The molecule has 0 spiro atoms. The van der Waals surface area contributed by atoms with E-state index in [1.807, 2.05) is 86.5 Å². The van der Waals surface area contributed by atoms with Crippen LogP contribution in [-0.2, 0) is 16.1 Å². The lowest BCUT2D eigenvalue weighted by Crippen LogP contribution is -2.43. The summed E-state index contributed by atoms with van der Waals surface area (Å²) in [6, 6.07) is 30.7. The van der Waals surface area contributed by atoms with Crippen LogP contribution in [0.15, 0.2) is 113 Å². The zero-order chi connectivity index (χ0) is 39.0. The number of aromatic amines is 1. The number of rotatable bonds is 7. The molecular formula is C46H45FN4O5. The first-order valence-corrected chi connectivity index (χ1v) is 19.3. The largest absolute Gasteiger partial charge is 0.445 e. The number of hydrogen-bond donors (Lipinski definition) is 1. The van der Waals surface area contributed by atoms with Crippen LogP contribution in [0.2, 0.25) is 0 Å². The van der Waals surface area contributed by atoms with Crippen molar-refractivity contribution in [3.63, 3.8) is 0 Å². The van der Waals surface area contributed by atoms with E-state index in [0.717, 1.165) is 57.5 Å². The van der Waals surface area contributed by atoms with Crippen molar-refractivity contribution in [2.75, 3.05) is 13.1 Å². The second-order valence-corrected chi connectivity index (χ2v) is 15.8. The first kappa shape index (κ1) is 36.9. The van der Waals surface area contributed by atoms with Gasteiger partial charge >= 0.3 is 12.2 Å². The van der Waals surface area contributed by atoms with Crippen molar-refractivity contribution < 1.29 is 23.5 Å². The second kappa shape index (κ2) is 15.2. The van der Waals surface area contributed by atoms with Crippen LogP contribution in [0.4, 0.5) is 14.0 Å². The third kappa shape index (κ3) is 7.60. The molecule has 9 nitrogen and oxygen atoms in total. The molecule has 0 radical (unpaired) electrons. The molecule has 3 aliphatic heterocycles. The number of allylic oxidation sites excluding steroid dienone is 1. The van der Waals surface area contributed by atoms with Crippen molar-refractivity contribution in [2.24, 2.45) is 4.99 Å². The molecule has 286 valence electrons. The van der Waals surface area contributed by atoms with E-state index in [4.69, 9.17) is 14.5 Å². The number of nitrogens with one attached hydrogen (secondary N) is 1. The Morgan fingerprint density at radius 2 is 1.38 bits per heavy atom. The average molecular weight is 753 g/mol. The molecule has 2 amide bonds. The molecule has 0 saturated carbocycles. The van der Waals surface area contributed by atoms with Crippen LogP contribution in [0.5, 0.6) is 0 Å². The molecule has 1 unspecified atom stereocenters. The SMILES string of the molecule is CC(C)(C)OC(=O)N1CCC[C@H]1C1=NC=C(c2ccc(-c3ccc(-c4ccc5c(=O)c(F)c(C6CCCN6C(=O)OCc6ccccc6)[nH]c5c4)cc3)cc2)C1. The lowest BCUT2D eigenvalue weighted by Gasteiger charge is -2.28. The summed E-state index contributed by atoms with van der Waals surface area (Å²) in [5.41, 5.74) is 7.38. The van der Waals surface area contributed by atoms with Gasteiger partial charge in [0, 0.05) is 36.8 Å². The molecule has 0 aliphatic carbocycles. The van der Waals surface area contributed by atoms with Crippen molar-refractivity contribution in [3.8, 4) is 22.3 Å². The van der Waals surface area contributed by atoms with Crippen LogP contribution in [0, 0.1) is 5.82 Å². The predicted octanol–water partition coefficient (Wildman–Crippen LogP) is 10.1. The van der Waals surface area contributed by atoms with Gasteiger partial charge in [-0.2, -0.15) is 0 Å². The maximum atomic E-state index is 15.6. The van der Waals surface area contributed by atoms with Gasteiger partial charge in [0.05, 0.1) is 23.3 Å². The fourth-order valence-electron chi connectivity index (χ4n) is 7.99. The Balaban J connectivity index is 0.944. The van der Waals surface area contributed by atoms with Gasteiger partial charge in [-0.1, -0.05) is 84.9 Å². The van der Waals surface area contributed by atoms with E-state index < -0.39 is 29.0 Å². The Kier molecular flexibility index (Phi) is 10.1. The summed E-state index contributed by atoms with van der Waals surface area (Å²) >= 11 is 0. The quantitative estimate of drug-likeness (QED) is 0.178. The van der Waals surface area contributed by atoms with E-state index in [0.29, 0.717) is 37.9 Å². The summed E-state index contributed by atoms with van der Waals surface area (Å²) in [4.78, 5) is 50.5. The minimum absolute atomic E-state index is 0.0405. The zero-order valence-electron chi connectivity index (χ0n) is 31.9. The van der Waals surface area contributed by atoms with Gasteiger partial charge in [0.25, 0.3) is 0 Å². The molecule has 4 aromatic carbocycles. The highest BCUT2D eigenvalue weighted by Gasteiger charge is 2.37. The number of hydrogen-bond acceptors (Lipinski definition) is 6. The van der Waals surface area contributed by atoms with Crippen LogP contribution < -0.4 is 5.43 Å². The number of carbonyl (C=O) groups excluding carboxylic acids is 2. The number of H-pyrrole nitrogens is 1. The Morgan fingerprint density at radius 1 is 0.786 bits per heavy atom. The van der Waals surface area contributed by atoms with E-state index >= 15 is 4.39 Å². The molecule has 1 N–H and O–H groups in total. The highest BCUT2D eigenvalue weighted by molar-refractivity contribution is 6.03. The highest BCUT2D eigenvalue weighted by Crippen LogP contribution is 2.35. The number of ether oxygens (including phenoxy) is 2. The van der Waals surface area contributed by atoms with Crippen molar-refractivity contribution in [1.82, 2.24) is 14.8 Å². The van der Waals surface area contributed by atoms with Gasteiger partial charge in [-0.3, -0.25) is 19.6 Å². The summed E-state index contributed by atoms with van der Waals surface area (Å²) in [5.74, 6) is -0.871. The Bertz CT molecular complexity index is 2400. The maximum absolute atomic E-state index is 15.6.